The van der Waals surface area contributed by atoms with Gasteiger partial charge in [-0.15, -0.1) is 0 Å². The molecule has 0 heterocycles. The normalized spacial score (nSPS) is 25.8. The van der Waals surface area contributed by atoms with E-state index >= 15 is 0 Å². The molecule has 0 radical (unpaired) electrons. The average Bonchev–Trinajstić information content (AvgIpc) is 2.74. The lowest BCUT2D eigenvalue weighted by molar-refractivity contribution is 0.392. The lowest BCUT2D eigenvalue weighted by Crippen LogP contribution is -2.31. The molecule has 1 aromatic rings. The maximum absolute atomic E-state index is 5.93. The van der Waals surface area contributed by atoms with Crippen LogP contribution < -0.4 is 15.8 Å². The van der Waals surface area contributed by atoms with Gasteiger partial charge in [-0.25, -0.2) is 0 Å². The van der Waals surface area contributed by atoms with Crippen molar-refractivity contribution < 1.29 is 4.74 Å². The molecule has 0 aliphatic heterocycles. The third-order valence-electron chi connectivity index (χ3n) is 3.56. The highest BCUT2D eigenvalue weighted by Crippen LogP contribution is 2.27. The minimum Gasteiger partial charge on any atom is -0.496 e. The van der Waals surface area contributed by atoms with E-state index in [9.17, 15) is 0 Å². The number of nitrogens with two attached hydrogens (primary N) is 1. The molecule has 0 amide bonds. The molecule has 0 bridgehead atoms. The van der Waals surface area contributed by atoms with Gasteiger partial charge >= 0.3 is 0 Å². The van der Waals surface area contributed by atoms with Gasteiger partial charge in [0.05, 0.1) is 7.11 Å². The number of hydrogen-bond acceptors (Lipinski definition) is 3. The Bertz CT molecular complexity index is 367. The zero-order chi connectivity index (χ0) is 12.3. The Hall–Kier alpha value is -1.06. The van der Waals surface area contributed by atoms with Gasteiger partial charge in [0.2, 0.25) is 0 Å². The Morgan fingerprint density at radius 1 is 1.35 bits per heavy atom. The zero-order valence-corrected chi connectivity index (χ0v) is 10.6. The molecule has 3 heteroatoms. The molecule has 1 aromatic carbocycles. The Balaban J connectivity index is 2.01. The largest absolute Gasteiger partial charge is 0.496 e. The summed E-state index contributed by atoms with van der Waals surface area (Å²) in [4.78, 5) is 0. The number of ether oxygens (including phenoxy) is 1. The van der Waals surface area contributed by atoms with E-state index in [4.69, 9.17) is 10.5 Å². The minimum absolute atomic E-state index is 0.307. The van der Waals surface area contributed by atoms with Crippen LogP contribution in [0.3, 0.4) is 0 Å². The quantitative estimate of drug-likeness (QED) is 0.840. The lowest BCUT2D eigenvalue weighted by Gasteiger charge is -2.21. The first-order valence-corrected chi connectivity index (χ1v) is 6.35. The van der Waals surface area contributed by atoms with E-state index in [-0.39, 0.29) is 0 Å². The predicted molar refractivity (Wildman–Crippen MR) is 70.2 cm³/mol. The number of rotatable bonds is 4. The summed E-state index contributed by atoms with van der Waals surface area (Å²) >= 11 is 0. The molecule has 1 fully saturated rings. The van der Waals surface area contributed by atoms with Crippen LogP contribution in [0.25, 0.3) is 0 Å². The van der Waals surface area contributed by atoms with Crippen molar-refractivity contribution in [1.82, 2.24) is 5.32 Å². The van der Waals surface area contributed by atoms with Crippen molar-refractivity contribution in [1.29, 1.82) is 0 Å². The molecular formula is C14H22N2O. The molecule has 1 aliphatic rings. The van der Waals surface area contributed by atoms with Crippen LogP contribution in [0.5, 0.6) is 5.75 Å². The first-order valence-electron chi connectivity index (χ1n) is 6.35. The van der Waals surface area contributed by atoms with E-state index in [1.165, 1.54) is 12.0 Å². The number of hydrogen-bond donors (Lipinski definition) is 2. The summed E-state index contributed by atoms with van der Waals surface area (Å²) in [5.74, 6) is 0.954. The van der Waals surface area contributed by atoms with Crippen molar-refractivity contribution >= 4 is 0 Å². The SMILES string of the molecule is COc1ccccc1[C@H](C)NC1CCC(N)C1. The van der Waals surface area contributed by atoms with Gasteiger partial charge in [-0.1, -0.05) is 18.2 Å². The number of benzene rings is 1. The first kappa shape index (κ1) is 12.4. The highest BCUT2D eigenvalue weighted by Gasteiger charge is 2.23. The summed E-state index contributed by atoms with van der Waals surface area (Å²) < 4.78 is 5.39. The molecule has 94 valence electrons. The standard InChI is InChI=1S/C14H22N2O/c1-10(16-12-8-7-11(15)9-12)13-5-3-4-6-14(13)17-2/h3-6,10-12,16H,7-9,15H2,1-2H3/t10-,11?,12?/m0/s1. The molecule has 1 saturated carbocycles. The van der Waals surface area contributed by atoms with Gasteiger partial charge in [0.25, 0.3) is 0 Å². The Kier molecular flexibility index (Phi) is 4.02. The number of methoxy groups -OCH3 is 1. The Morgan fingerprint density at radius 3 is 2.76 bits per heavy atom. The van der Waals surface area contributed by atoms with Crippen LogP contribution in [0.4, 0.5) is 0 Å². The van der Waals surface area contributed by atoms with Crippen LogP contribution in [0.1, 0.15) is 37.8 Å². The lowest BCUT2D eigenvalue weighted by atomic mass is 10.1. The van der Waals surface area contributed by atoms with Crippen molar-refractivity contribution in [3.8, 4) is 5.75 Å². The van der Waals surface area contributed by atoms with E-state index in [1.54, 1.807) is 7.11 Å². The Morgan fingerprint density at radius 2 is 2.12 bits per heavy atom. The number of para-hydroxylation sites is 1. The van der Waals surface area contributed by atoms with Gasteiger partial charge in [0, 0.05) is 23.7 Å². The van der Waals surface area contributed by atoms with E-state index < -0.39 is 0 Å². The highest BCUT2D eigenvalue weighted by molar-refractivity contribution is 5.35. The maximum atomic E-state index is 5.93. The van der Waals surface area contributed by atoms with Gasteiger partial charge in [0.1, 0.15) is 5.75 Å². The molecule has 3 nitrogen and oxygen atoms in total. The van der Waals surface area contributed by atoms with Crippen LogP contribution in [0.15, 0.2) is 24.3 Å². The van der Waals surface area contributed by atoms with Gasteiger partial charge in [0.15, 0.2) is 0 Å². The molecule has 2 unspecified atom stereocenters. The predicted octanol–water partition coefficient (Wildman–Crippen LogP) is 2.23. The van der Waals surface area contributed by atoms with Crippen LogP contribution in [-0.4, -0.2) is 19.2 Å². The molecule has 1 aliphatic carbocycles. The molecular weight excluding hydrogens is 212 g/mol. The molecule has 0 aromatic heterocycles. The molecule has 2 rings (SSSR count). The zero-order valence-electron chi connectivity index (χ0n) is 10.6. The van der Waals surface area contributed by atoms with Crippen molar-refractivity contribution in [2.24, 2.45) is 5.73 Å². The van der Waals surface area contributed by atoms with Crippen LogP contribution in [-0.2, 0) is 0 Å². The first-order chi connectivity index (χ1) is 8.20. The summed E-state index contributed by atoms with van der Waals surface area (Å²) in [6, 6.07) is 9.40. The minimum atomic E-state index is 0.307. The summed E-state index contributed by atoms with van der Waals surface area (Å²) in [7, 11) is 1.72. The second-order valence-corrected chi connectivity index (χ2v) is 4.90. The fourth-order valence-electron chi connectivity index (χ4n) is 2.64. The van der Waals surface area contributed by atoms with Crippen molar-refractivity contribution in [2.45, 2.75) is 44.3 Å². The summed E-state index contributed by atoms with van der Waals surface area (Å²) in [6.07, 6.45) is 3.40. The summed E-state index contributed by atoms with van der Waals surface area (Å²) in [6.45, 7) is 2.18. The second-order valence-electron chi connectivity index (χ2n) is 4.90. The van der Waals surface area contributed by atoms with E-state index in [1.807, 2.05) is 12.1 Å². The van der Waals surface area contributed by atoms with Crippen molar-refractivity contribution in [3.05, 3.63) is 29.8 Å². The fraction of sp³-hybridized carbons (Fsp3) is 0.571. The highest BCUT2D eigenvalue weighted by atomic mass is 16.5. The molecule has 3 N–H and O–H groups in total. The van der Waals surface area contributed by atoms with Crippen molar-refractivity contribution in [3.63, 3.8) is 0 Å². The Labute approximate surface area is 103 Å². The topological polar surface area (TPSA) is 47.3 Å². The van der Waals surface area contributed by atoms with Crippen LogP contribution in [0.2, 0.25) is 0 Å². The second kappa shape index (κ2) is 5.52. The molecule has 0 saturated heterocycles. The van der Waals surface area contributed by atoms with Gasteiger partial charge in [-0.05, 0) is 32.3 Å². The molecule has 3 atom stereocenters. The monoisotopic (exact) mass is 234 g/mol. The number of nitrogens with one attached hydrogen (secondary N) is 1. The maximum Gasteiger partial charge on any atom is 0.123 e. The molecule has 17 heavy (non-hydrogen) atoms. The third-order valence-corrected chi connectivity index (χ3v) is 3.56. The third kappa shape index (κ3) is 2.99. The summed E-state index contributed by atoms with van der Waals surface area (Å²) in [5.41, 5.74) is 7.15. The summed E-state index contributed by atoms with van der Waals surface area (Å²) in [5, 5.41) is 3.64. The van der Waals surface area contributed by atoms with Gasteiger partial charge in [-0.2, -0.15) is 0 Å². The van der Waals surface area contributed by atoms with Gasteiger partial charge < -0.3 is 15.8 Å². The van der Waals surface area contributed by atoms with Crippen LogP contribution in [0, 0.1) is 0 Å². The van der Waals surface area contributed by atoms with Crippen LogP contribution >= 0.6 is 0 Å². The van der Waals surface area contributed by atoms with E-state index in [0.29, 0.717) is 18.1 Å². The van der Waals surface area contributed by atoms with Crippen molar-refractivity contribution in [2.75, 3.05) is 7.11 Å². The fourth-order valence-corrected chi connectivity index (χ4v) is 2.64. The smallest absolute Gasteiger partial charge is 0.123 e. The average molecular weight is 234 g/mol. The molecule has 0 spiro atoms. The van der Waals surface area contributed by atoms with E-state index in [0.717, 1.165) is 18.6 Å². The van der Waals surface area contributed by atoms with Gasteiger partial charge in [-0.3, -0.25) is 0 Å². The van der Waals surface area contributed by atoms with E-state index in [2.05, 4.69) is 24.4 Å².